The molecular formula is C22H25N3O3. The van der Waals surface area contributed by atoms with Crippen LogP contribution >= 0.6 is 0 Å². The number of rotatable bonds is 5. The zero-order valence-electron chi connectivity index (χ0n) is 16.8. The molecule has 0 aliphatic heterocycles. The van der Waals surface area contributed by atoms with Crippen LogP contribution in [-0.2, 0) is 0 Å². The number of aromatic nitrogens is 2. The molecule has 0 aliphatic carbocycles. The van der Waals surface area contributed by atoms with Crippen LogP contribution in [0.3, 0.4) is 0 Å². The molecule has 3 aromatic rings. The Morgan fingerprint density at radius 1 is 1.11 bits per heavy atom. The lowest BCUT2D eigenvalue weighted by Gasteiger charge is -2.28. The van der Waals surface area contributed by atoms with Crippen LogP contribution in [0.4, 0.5) is 0 Å². The summed E-state index contributed by atoms with van der Waals surface area (Å²) in [6, 6.07) is 14.5. The van der Waals surface area contributed by atoms with Gasteiger partial charge in [0, 0.05) is 11.1 Å². The van der Waals surface area contributed by atoms with Gasteiger partial charge in [-0.25, -0.2) is 0 Å². The monoisotopic (exact) mass is 379 g/mol. The Morgan fingerprint density at radius 3 is 2.39 bits per heavy atom. The van der Waals surface area contributed by atoms with Crippen molar-refractivity contribution < 1.29 is 14.1 Å². The molecular weight excluding hydrogens is 354 g/mol. The van der Waals surface area contributed by atoms with E-state index in [2.05, 4.69) is 15.5 Å². The maximum atomic E-state index is 12.8. The summed E-state index contributed by atoms with van der Waals surface area (Å²) < 4.78 is 10.7. The molecule has 28 heavy (non-hydrogen) atoms. The van der Waals surface area contributed by atoms with Gasteiger partial charge in [0.1, 0.15) is 11.8 Å². The number of hydrogen-bond donors (Lipinski definition) is 1. The number of methoxy groups -OCH3 is 1. The van der Waals surface area contributed by atoms with E-state index in [9.17, 15) is 4.79 Å². The van der Waals surface area contributed by atoms with Gasteiger partial charge in [0.2, 0.25) is 11.7 Å². The summed E-state index contributed by atoms with van der Waals surface area (Å²) in [6.45, 7) is 7.97. The zero-order chi connectivity index (χ0) is 20.3. The van der Waals surface area contributed by atoms with E-state index >= 15 is 0 Å². The first kappa shape index (κ1) is 19.6. The zero-order valence-corrected chi connectivity index (χ0v) is 16.8. The molecule has 0 radical (unpaired) electrons. The van der Waals surface area contributed by atoms with Crippen molar-refractivity contribution in [2.75, 3.05) is 7.11 Å². The number of amides is 1. The maximum Gasteiger partial charge on any atom is 0.252 e. The van der Waals surface area contributed by atoms with Crippen molar-refractivity contribution in [3.8, 4) is 17.1 Å². The summed E-state index contributed by atoms with van der Waals surface area (Å²) in [6.07, 6.45) is 0. The molecule has 0 saturated carbocycles. The first-order valence-corrected chi connectivity index (χ1v) is 9.14. The van der Waals surface area contributed by atoms with Crippen LogP contribution in [0, 0.1) is 12.3 Å². The van der Waals surface area contributed by atoms with E-state index in [1.165, 1.54) is 0 Å². The van der Waals surface area contributed by atoms with E-state index in [4.69, 9.17) is 9.26 Å². The van der Waals surface area contributed by atoms with E-state index in [1.54, 1.807) is 13.2 Å². The van der Waals surface area contributed by atoms with Gasteiger partial charge in [-0.15, -0.1) is 0 Å². The molecule has 146 valence electrons. The third-order valence-corrected chi connectivity index (χ3v) is 4.57. The molecule has 0 bridgehead atoms. The molecule has 2 aromatic carbocycles. The highest BCUT2D eigenvalue weighted by Gasteiger charge is 2.33. The molecule has 0 unspecified atom stereocenters. The highest BCUT2D eigenvalue weighted by atomic mass is 16.5. The smallest absolute Gasteiger partial charge is 0.252 e. The molecule has 1 N–H and O–H groups in total. The fraction of sp³-hybridized carbons (Fsp3) is 0.318. The van der Waals surface area contributed by atoms with Crippen LogP contribution in [0.5, 0.6) is 5.75 Å². The van der Waals surface area contributed by atoms with Crippen LogP contribution in [0.15, 0.2) is 53.1 Å². The fourth-order valence-corrected chi connectivity index (χ4v) is 2.89. The highest BCUT2D eigenvalue weighted by molar-refractivity contribution is 5.95. The van der Waals surface area contributed by atoms with E-state index < -0.39 is 6.04 Å². The Bertz CT molecular complexity index is 956. The SMILES string of the molecule is COc1ccc(-c2noc([C@@H](NC(=O)c3ccccc3C)C(C)(C)C)n2)cc1. The Hall–Kier alpha value is -3.15. The third kappa shape index (κ3) is 4.22. The molecule has 6 heteroatoms. The summed E-state index contributed by atoms with van der Waals surface area (Å²) in [4.78, 5) is 17.4. The lowest BCUT2D eigenvalue weighted by atomic mass is 9.86. The van der Waals surface area contributed by atoms with E-state index in [-0.39, 0.29) is 11.3 Å². The molecule has 1 aromatic heterocycles. The Morgan fingerprint density at radius 2 is 1.79 bits per heavy atom. The number of nitrogens with zero attached hydrogens (tertiary/aromatic N) is 2. The van der Waals surface area contributed by atoms with E-state index in [0.29, 0.717) is 17.3 Å². The number of nitrogens with one attached hydrogen (secondary N) is 1. The maximum absolute atomic E-state index is 12.8. The molecule has 0 saturated heterocycles. The van der Waals surface area contributed by atoms with Crippen molar-refractivity contribution in [1.29, 1.82) is 0 Å². The predicted octanol–water partition coefficient (Wildman–Crippen LogP) is 4.57. The first-order valence-electron chi connectivity index (χ1n) is 9.14. The number of aryl methyl sites for hydroxylation is 1. The summed E-state index contributed by atoms with van der Waals surface area (Å²) in [7, 11) is 1.62. The summed E-state index contributed by atoms with van der Waals surface area (Å²) in [5, 5.41) is 7.15. The second-order valence-electron chi connectivity index (χ2n) is 7.77. The molecule has 0 aliphatic rings. The Kier molecular flexibility index (Phi) is 5.49. The number of benzene rings is 2. The summed E-state index contributed by atoms with van der Waals surface area (Å²) >= 11 is 0. The van der Waals surface area contributed by atoms with Gasteiger partial charge >= 0.3 is 0 Å². The number of hydrogen-bond acceptors (Lipinski definition) is 5. The van der Waals surface area contributed by atoms with E-state index in [0.717, 1.165) is 16.9 Å². The molecule has 1 atom stereocenters. The normalized spacial score (nSPS) is 12.5. The second-order valence-corrected chi connectivity index (χ2v) is 7.77. The standard InChI is InChI=1S/C22H25N3O3/c1-14-8-6-7-9-17(14)20(26)23-18(22(2,3)4)21-24-19(25-28-21)15-10-12-16(27-5)13-11-15/h6-13,18H,1-5H3,(H,23,26)/t18-/m1/s1. The van der Waals surface area contributed by atoms with Gasteiger partial charge in [0.05, 0.1) is 7.11 Å². The van der Waals surface area contributed by atoms with Gasteiger partial charge in [-0.2, -0.15) is 4.98 Å². The molecule has 3 rings (SSSR count). The Balaban J connectivity index is 1.87. The van der Waals surface area contributed by atoms with Crippen LogP contribution < -0.4 is 10.1 Å². The van der Waals surface area contributed by atoms with Gasteiger partial charge in [-0.3, -0.25) is 4.79 Å². The Labute approximate surface area is 164 Å². The minimum Gasteiger partial charge on any atom is -0.497 e. The number of carbonyl (C=O) groups is 1. The van der Waals surface area contributed by atoms with Crippen molar-refractivity contribution in [3.05, 3.63) is 65.5 Å². The van der Waals surface area contributed by atoms with Crippen LogP contribution in [-0.4, -0.2) is 23.2 Å². The van der Waals surface area contributed by atoms with Crippen molar-refractivity contribution >= 4 is 5.91 Å². The van der Waals surface area contributed by atoms with Crippen molar-refractivity contribution in [2.45, 2.75) is 33.7 Å². The average molecular weight is 379 g/mol. The first-order chi connectivity index (χ1) is 13.3. The average Bonchev–Trinajstić information content (AvgIpc) is 3.15. The molecule has 1 heterocycles. The minimum atomic E-state index is -0.431. The lowest BCUT2D eigenvalue weighted by Crippen LogP contribution is -2.37. The quantitative estimate of drug-likeness (QED) is 0.702. The predicted molar refractivity (Wildman–Crippen MR) is 107 cm³/mol. The van der Waals surface area contributed by atoms with Crippen LogP contribution in [0.25, 0.3) is 11.4 Å². The van der Waals surface area contributed by atoms with Crippen LogP contribution in [0.2, 0.25) is 0 Å². The molecule has 6 nitrogen and oxygen atoms in total. The number of carbonyl (C=O) groups excluding carboxylic acids is 1. The fourth-order valence-electron chi connectivity index (χ4n) is 2.89. The topological polar surface area (TPSA) is 77.3 Å². The van der Waals surface area contributed by atoms with Crippen molar-refractivity contribution in [1.82, 2.24) is 15.5 Å². The second kappa shape index (κ2) is 7.84. The van der Waals surface area contributed by atoms with Gasteiger partial charge in [0.25, 0.3) is 5.91 Å². The molecule has 0 spiro atoms. The largest absolute Gasteiger partial charge is 0.497 e. The summed E-state index contributed by atoms with van der Waals surface area (Å²) in [5.74, 6) is 1.44. The van der Waals surface area contributed by atoms with Gasteiger partial charge in [-0.1, -0.05) is 44.1 Å². The van der Waals surface area contributed by atoms with Crippen molar-refractivity contribution in [3.63, 3.8) is 0 Å². The van der Waals surface area contributed by atoms with Gasteiger partial charge in [-0.05, 0) is 48.2 Å². The van der Waals surface area contributed by atoms with Gasteiger partial charge in [0.15, 0.2) is 0 Å². The summed E-state index contributed by atoms with van der Waals surface area (Å²) in [5.41, 5.74) is 2.04. The highest BCUT2D eigenvalue weighted by Crippen LogP contribution is 2.33. The van der Waals surface area contributed by atoms with Crippen molar-refractivity contribution in [2.24, 2.45) is 5.41 Å². The number of ether oxygens (including phenoxy) is 1. The lowest BCUT2D eigenvalue weighted by molar-refractivity contribution is 0.0880. The van der Waals surface area contributed by atoms with E-state index in [1.807, 2.05) is 70.2 Å². The third-order valence-electron chi connectivity index (χ3n) is 4.57. The van der Waals surface area contributed by atoms with Gasteiger partial charge < -0.3 is 14.6 Å². The van der Waals surface area contributed by atoms with Crippen LogP contribution in [0.1, 0.15) is 48.6 Å². The molecule has 1 amide bonds. The minimum absolute atomic E-state index is 0.165. The molecule has 0 fully saturated rings.